The lowest BCUT2D eigenvalue weighted by Gasteiger charge is -2.27. The van der Waals surface area contributed by atoms with Crippen LogP contribution in [0.4, 0.5) is 0 Å². The molecule has 1 aliphatic heterocycles. The summed E-state index contributed by atoms with van der Waals surface area (Å²) in [5, 5.41) is 11.9. The van der Waals surface area contributed by atoms with Crippen LogP contribution in [0.2, 0.25) is 0 Å². The molecule has 1 aliphatic rings. The molecule has 0 bridgehead atoms. The predicted molar refractivity (Wildman–Crippen MR) is 130 cm³/mol. The fourth-order valence-electron chi connectivity index (χ4n) is 3.71. The Kier molecular flexibility index (Phi) is 8.54. The third-order valence-electron chi connectivity index (χ3n) is 5.65. The van der Waals surface area contributed by atoms with E-state index in [9.17, 15) is 4.79 Å². The molecule has 0 saturated heterocycles. The van der Waals surface area contributed by atoms with Gasteiger partial charge in [0.05, 0.1) is 20.8 Å². The highest BCUT2D eigenvalue weighted by Gasteiger charge is 2.49. The van der Waals surface area contributed by atoms with Crippen molar-refractivity contribution in [3.8, 4) is 17.2 Å². The smallest absolute Gasteiger partial charge is 0.252 e. The van der Waals surface area contributed by atoms with E-state index in [4.69, 9.17) is 29.0 Å². The van der Waals surface area contributed by atoms with Crippen LogP contribution in [-0.2, 0) is 16.1 Å². The average molecular weight is 469 g/mol. The first-order valence-corrected chi connectivity index (χ1v) is 11.2. The highest BCUT2D eigenvalue weighted by atomic mass is 16.5. The van der Waals surface area contributed by atoms with Gasteiger partial charge in [-0.2, -0.15) is 0 Å². The second-order valence-electron chi connectivity index (χ2n) is 7.95. The van der Waals surface area contributed by atoms with Gasteiger partial charge in [0.1, 0.15) is 23.4 Å². The maximum atomic E-state index is 13.4. The molecule has 0 radical (unpaired) electrons. The van der Waals surface area contributed by atoms with Gasteiger partial charge >= 0.3 is 0 Å². The van der Waals surface area contributed by atoms with Crippen molar-refractivity contribution in [2.24, 2.45) is 4.99 Å². The Morgan fingerprint density at radius 2 is 1.85 bits per heavy atom. The zero-order valence-corrected chi connectivity index (χ0v) is 19.9. The van der Waals surface area contributed by atoms with E-state index in [0.29, 0.717) is 42.6 Å². The van der Waals surface area contributed by atoms with Crippen molar-refractivity contribution in [3.63, 3.8) is 0 Å². The third-order valence-corrected chi connectivity index (χ3v) is 5.65. The summed E-state index contributed by atoms with van der Waals surface area (Å²) < 4.78 is 22.2. The largest absolute Gasteiger partial charge is 0.497 e. The van der Waals surface area contributed by atoms with Crippen LogP contribution in [0.25, 0.3) is 0 Å². The van der Waals surface area contributed by atoms with Gasteiger partial charge in [-0.25, -0.2) is 4.99 Å². The van der Waals surface area contributed by atoms with Crippen LogP contribution in [0, 0.1) is 0 Å². The molecule has 8 nitrogen and oxygen atoms in total. The second kappa shape index (κ2) is 11.6. The molecule has 0 saturated carbocycles. The molecule has 0 aliphatic carbocycles. The Labute approximate surface area is 200 Å². The maximum absolute atomic E-state index is 13.4. The van der Waals surface area contributed by atoms with Gasteiger partial charge in [-0.1, -0.05) is 6.08 Å². The van der Waals surface area contributed by atoms with Crippen molar-refractivity contribution < 1.29 is 28.8 Å². The van der Waals surface area contributed by atoms with Crippen molar-refractivity contribution >= 4 is 11.8 Å². The van der Waals surface area contributed by atoms with E-state index in [1.54, 1.807) is 26.4 Å². The summed E-state index contributed by atoms with van der Waals surface area (Å²) in [6, 6.07) is 12.8. The third kappa shape index (κ3) is 5.69. The SMILES string of the molecule is C=CC[C@@]1(C(=O)NCc2cc(OC)cc(OC)c2)N=C(c2ccc(OCCCO)cc2)O[C@@H]1C. The zero-order valence-electron chi connectivity index (χ0n) is 19.9. The monoisotopic (exact) mass is 468 g/mol. The number of carbonyl (C=O) groups excluding carboxylic acids is 1. The Morgan fingerprint density at radius 3 is 2.44 bits per heavy atom. The fraction of sp³-hybridized carbons (Fsp3) is 0.385. The van der Waals surface area contributed by atoms with Crippen molar-refractivity contribution in [1.29, 1.82) is 0 Å². The molecule has 2 aromatic carbocycles. The van der Waals surface area contributed by atoms with Gasteiger partial charge in [-0.05, 0) is 48.9 Å². The molecule has 182 valence electrons. The summed E-state index contributed by atoms with van der Waals surface area (Å²) in [5.41, 5.74) is 0.458. The molecule has 2 aromatic rings. The zero-order chi connectivity index (χ0) is 24.6. The Hall–Kier alpha value is -3.52. The summed E-state index contributed by atoms with van der Waals surface area (Å²) in [6.07, 6.45) is 2.09. The van der Waals surface area contributed by atoms with Crippen LogP contribution < -0.4 is 19.5 Å². The van der Waals surface area contributed by atoms with E-state index < -0.39 is 11.6 Å². The lowest BCUT2D eigenvalue weighted by atomic mass is 9.89. The topological polar surface area (TPSA) is 98.6 Å². The van der Waals surface area contributed by atoms with Crippen LogP contribution in [0.3, 0.4) is 0 Å². The number of carbonyl (C=O) groups is 1. The molecule has 0 spiro atoms. The second-order valence-corrected chi connectivity index (χ2v) is 7.95. The van der Waals surface area contributed by atoms with E-state index in [2.05, 4.69) is 11.9 Å². The first-order chi connectivity index (χ1) is 16.4. The van der Waals surface area contributed by atoms with Gasteiger partial charge in [-0.15, -0.1) is 6.58 Å². The molecule has 8 heteroatoms. The fourth-order valence-corrected chi connectivity index (χ4v) is 3.71. The molecule has 3 rings (SSSR count). The molecule has 1 heterocycles. The molecular formula is C26H32N2O6. The molecule has 2 atom stereocenters. The normalized spacial score (nSPS) is 19.1. The number of aliphatic imine (C=N–C) groups is 1. The number of methoxy groups -OCH3 is 2. The van der Waals surface area contributed by atoms with Crippen molar-refractivity contribution in [2.75, 3.05) is 27.4 Å². The number of amides is 1. The number of benzene rings is 2. The van der Waals surface area contributed by atoms with E-state index in [1.807, 2.05) is 43.3 Å². The van der Waals surface area contributed by atoms with Crippen LogP contribution in [0.5, 0.6) is 17.2 Å². The molecule has 0 unspecified atom stereocenters. The number of rotatable bonds is 12. The van der Waals surface area contributed by atoms with Gasteiger partial charge in [-0.3, -0.25) is 4.79 Å². The highest BCUT2D eigenvalue weighted by Crippen LogP contribution is 2.33. The standard InChI is InChI=1S/C26H32N2O6/c1-5-11-26(25(30)27-17-19-14-22(31-3)16-23(15-19)32-4)18(2)34-24(28-26)20-7-9-21(10-8-20)33-13-6-12-29/h5,7-10,14-16,18,29H,1,6,11-13,17H2,2-4H3,(H,27,30)/t18-,26-/m1/s1. The van der Waals surface area contributed by atoms with Gasteiger partial charge in [0, 0.05) is 37.6 Å². The maximum Gasteiger partial charge on any atom is 0.252 e. The van der Waals surface area contributed by atoms with Crippen molar-refractivity contribution in [2.45, 2.75) is 38.0 Å². The predicted octanol–water partition coefficient (Wildman–Crippen LogP) is 3.26. The first kappa shape index (κ1) is 25.1. The highest BCUT2D eigenvalue weighted by molar-refractivity contribution is 6.00. The number of hydrogen-bond donors (Lipinski definition) is 2. The molecule has 34 heavy (non-hydrogen) atoms. The number of nitrogens with zero attached hydrogens (tertiary/aromatic N) is 1. The lowest BCUT2D eigenvalue weighted by Crippen LogP contribution is -2.50. The van der Waals surface area contributed by atoms with Gasteiger partial charge in [0.2, 0.25) is 5.90 Å². The van der Waals surface area contributed by atoms with Gasteiger partial charge < -0.3 is 29.4 Å². The number of aliphatic hydroxyl groups is 1. The summed E-state index contributed by atoms with van der Waals surface area (Å²) in [7, 11) is 3.16. The quantitative estimate of drug-likeness (QED) is 0.367. The molecule has 2 N–H and O–H groups in total. The number of aliphatic hydroxyl groups excluding tert-OH is 1. The minimum Gasteiger partial charge on any atom is -0.497 e. The molecule has 1 amide bonds. The Balaban J connectivity index is 1.77. The first-order valence-electron chi connectivity index (χ1n) is 11.2. The van der Waals surface area contributed by atoms with E-state index in [0.717, 1.165) is 11.1 Å². The minimum absolute atomic E-state index is 0.0828. The van der Waals surface area contributed by atoms with Gasteiger partial charge in [0.25, 0.3) is 5.91 Å². The van der Waals surface area contributed by atoms with Crippen LogP contribution in [0.1, 0.15) is 30.9 Å². The Morgan fingerprint density at radius 1 is 1.18 bits per heavy atom. The Bertz CT molecular complexity index is 998. The molecular weight excluding hydrogens is 436 g/mol. The summed E-state index contributed by atoms with van der Waals surface area (Å²) >= 11 is 0. The van der Waals surface area contributed by atoms with Crippen molar-refractivity contribution in [1.82, 2.24) is 5.32 Å². The number of hydrogen-bond acceptors (Lipinski definition) is 7. The van der Waals surface area contributed by atoms with E-state index in [-0.39, 0.29) is 19.1 Å². The van der Waals surface area contributed by atoms with Gasteiger partial charge in [0.15, 0.2) is 5.54 Å². The van der Waals surface area contributed by atoms with Crippen LogP contribution >= 0.6 is 0 Å². The lowest BCUT2D eigenvalue weighted by molar-refractivity contribution is -0.128. The average Bonchev–Trinajstić information content (AvgIpc) is 3.20. The van der Waals surface area contributed by atoms with Crippen molar-refractivity contribution in [3.05, 3.63) is 66.2 Å². The van der Waals surface area contributed by atoms with E-state index in [1.165, 1.54) is 0 Å². The summed E-state index contributed by atoms with van der Waals surface area (Å²) in [6.45, 7) is 6.46. The van der Waals surface area contributed by atoms with Crippen LogP contribution in [-0.4, -0.2) is 56.0 Å². The summed E-state index contributed by atoms with van der Waals surface area (Å²) in [5.74, 6) is 2.12. The van der Waals surface area contributed by atoms with Crippen LogP contribution in [0.15, 0.2) is 60.1 Å². The number of ether oxygens (including phenoxy) is 4. The van der Waals surface area contributed by atoms with E-state index >= 15 is 0 Å². The molecule has 0 fully saturated rings. The minimum atomic E-state index is -1.13. The summed E-state index contributed by atoms with van der Waals surface area (Å²) in [4.78, 5) is 18.1. The number of nitrogens with one attached hydrogen (secondary N) is 1. The molecule has 0 aromatic heterocycles.